The lowest BCUT2D eigenvalue weighted by molar-refractivity contribution is 0.415. The van der Waals surface area contributed by atoms with Gasteiger partial charge in [0.2, 0.25) is 0 Å². The Hall–Kier alpha value is -2.92. The number of benzene rings is 2. The molecule has 0 N–H and O–H groups in total. The smallest absolute Gasteiger partial charge is 0.185 e. The van der Waals surface area contributed by atoms with Crippen molar-refractivity contribution in [2.45, 2.75) is 0 Å². The summed E-state index contributed by atoms with van der Waals surface area (Å²) in [7, 11) is 1.64. The number of nitrogens with zero attached hydrogens (tertiary/aromatic N) is 4. The van der Waals surface area contributed by atoms with Crippen LogP contribution in [-0.2, 0) is 0 Å². The van der Waals surface area contributed by atoms with Crippen LogP contribution < -0.4 is 4.74 Å². The first-order chi connectivity index (χ1) is 11.8. The highest BCUT2D eigenvalue weighted by Crippen LogP contribution is 2.28. The summed E-state index contributed by atoms with van der Waals surface area (Å²) in [5, 5.41) is 13.6. The zero-order valence-corrected chi connectivity index (χ0v) is 13.6. The molecule has 0 aliphatic heterocycles. The molecule has 0 saturated heterocycles. The van der Waals surface area contributed by atoms with Crippen molar-refractivity contribution in [2.24, 2.45) is 0 Å². The van der Waals surface area contributed by atoms with E-state index in [-0.39, 0.29) is 0 Å². The van der Waals surface area contributed by atoms with Gasteiger partial charge in [-0.15, -0.1) is 10.2 Å². The van der Waals surface area contributed by atoms with E-state index in [4.69, 9.17) is 16.3 Å². The SMILES string of the molecule is COc1ccc(-c2nnc3cc(Cl)c(-c4ccccc4)nn23)cc1. The third kappa shape index (κ3) is 2.49. The van der Waals surface area contributed by atoms with Crippen LogP contribution in [0.15, 0.2) is 60.7 Å². The van der Waals surface area contributed by atoms with Crippen LogP contribution in [0.2, 0.25) is 5.02 Å². The number of ether oxygens (including phenoxy) is 1. The first-order valence-corrected chi connectivity index (χ1v) is 7.76. The molecule has 0 amide bonds. The second-order valence-corrected chi connectivity index (χ2v) is 5.64. The number of halogens is 1. The predicted molar refractivity (Wildman–Crippen MR) is 93.2 cm³/mol. The molecule has 2 aromatic heterocycles. The Labute approximate surface area is 143 Å². The van der Waals surface area contributed by atoms with Gasteiger partial charge in [0.1, 0.15) is 11.4 Å². The van der Waals surface area contributed by atoms with E-state index in [1.165, 1.54) is 0 Å². The molecule has 0 saturated carbocycles. The second-order valence-electron chi connectivity index (χ2n) is 5.23. The molecule has 0 spiro atoms. The van der Waals surface area contributed by atoms with Crippen LogP contribution in [0.1, 0.15) is 0 Å². The summed E-state index contributed by atoms with van der Waals surface area (Å²) in [6, 6.07) is 19.2. The van der Waals surface area contributed by atoms with Crippen LogP contribution in [0, 0.1) is 0 Å². The maximum absolute atomic E-state index is 6.37. The third-order valence-electron chi connectivity index (χ3n) is 3.74. The Morgan fingerprint density at radius 3 is 2.38 bits per heavy atom. The molecule has 5 nitrogen and oxygen atoms in total. The van der Waals surface area contributed by atoms with Crippen molar-refractivity contribution in [1.82, 2.24) is 19.8 Å². The zero-order chi connectivity index (χ0) is 16.5. The van der Waals surface area contributed by atoms with Gasteiger partial charge in [-0.1, -0.05) is 41.9 Å². The molecule has 0 radical (unpaired) electrons. The van der Waals surface area contributed by atoms with Crippen LogP contribution in [0.25, 0.3) is 28.3 Å². The zero-order valence-electron chi connectivity index (χ0n) is 12.8. The van der Waals surface area contributed by atoms with Crippen molar-refractivity contribution in [3.05, 3.63) is 65.7 Å². The largest absolute Gasteiger partial charge is 0.497 e. The highest BCUT2D eigenvalue weighted by Gasteiger charge is 2.14. The fourth-order valence-electron chi connectivity index (χ4n) is 2.52. The molecule has 2 aromatic carbocycles. The van der Waals surface area contributed by atoms with Gasteiger partial charge in [-0.05, 0) is 24.3 Å². The van der Waals surface area contributed by atoms with Gasteiger partial charge < -0.3 is 4.74 Å². The minimum absolute atomic E-state index is 0.544. The number of aromatic nitrogens is 4. The van der Waals surface area contributed by atoms with Gasteiger partial charge in [0.25, 0.3) is 0 Å². The minimum Gasteiger partial charge on any atom is -0.497 e. The third-order valence-corrected chi connectivity index (χ3v) is 4.03. The summed E-state index contributed by atoms with van der Waals surface area (Å²) in [6.07, 6.45) is 0. The van der Waals surface area contributed by atoms with Crippen LogP contribution in [0.4, 0.5) is 0 Å². The van der Waals surface area contributed by atoms with E-state index in [2.05, 4.69) is 15.3 Å². The van der Waals surface area contributed by atoms with E-state index in [1.807, 2.05) is 54.6 Å². The van der Waals surface area contributed by atoms with Crippen LogP contribution in [0.3, 0.4) is 0 Å². The van der Waals surface area contributed by atoms with Gasteiger partial charge >= 0.3 is 0 Å². The fraction of sp³-hybridized carbons (Fsp3) is 0.0556. The van der Waals surface area contributed by atoms with Crippen LogP contribution in [-0.4, -0.2) is 26.9 Å². The fourth-order valence-corrected chi connectivity index (χ4v) is 2.77. The first kappa shape index (κ1) is 14.7. The van der Waals surface area contributed by atoms with Crippen molar-refractivity contribution in [3.8, 4) is 28.4 Å². The Balaban J connectivity index is 1.88. The molecule has 0 unspecified atom stereocenters. The summed E-state index contributed by atoms with van der Waals surface area (Å²) < 4.78 is 6.90. The van der Waals surface area contributed by atoms with Crippen LogP contribution in [0.5, 0.6) is 5.75 Å². The predicted octanol–water partition coefficient (Wildman–Crippen LogP) is 4.12. The molecule has 4 aromatic rings. The molecule has 0 fully saturated rings. The first-order valence-electron chi connectivity index (χ1n) is 7.38. The van der Waals surface area contributed by atoms with Crippen molar-refractivity contribution in [1.29, 1.82) is 0 Å². The summed E-state index contributed by atoms with van der Waals surface area (Å²) in [4.78, 5) is 0. The van der Waals surface area contributed by atoms with Gasteiger partial charge in [0, 0.05) is 17.2 Å². The summed E-state index contributed by atoms with van der Waals surface area (Å²) in [6.45, 7) is 0. The number of methoxy groups -OCH3 is 1. The highest BCUT2D eigenvalue weighted by atomic mass is 35.5. The van der Waals surface area contributed by atoms with Crippen molar-refractivity contribution in [3.63, 3.8) is 0 Å². The van der Waals surface area contributed by atoms with Crippen LogP contribution >= 0.6 is 11.6 Å². The van der Waals surface area contributed by atoms with Gasteiger partial charge in [-0.3, -0.25) is 0 Å². The van der Waals surface area contributed by atoms with E-state index in [0.29, 0.717) is 22.2 Å². The topological polar surface area (TPSA) is 52.3 Å². The van der Waals surface area contributed by atoms with Gasteiger partial charge in [0.15, 0.2) is 11.5 Å². The van der Waals surface area contributed by atoms with E-state index < -0.39 is 0 Å². The summed E-state index contributed by atoms with van der Waals surface area (Å²) >= 11 is 6.37. The molecule has 2 heterocycles. The van der Waals surface area contributed by atoms with E-state index in [1.54, 1.807) is 17.7 Å². The Bertz CT molecular complexity index is 997. The van der Waals surface area contributed by atoms with E-state index in [9.17, 15) is 0 Å². The van der Waals surface area contributed by atoms with Crippen molar-refractivity contribution < 1.29 is 4.74 Å². The van der Waals surface area contributed by atoms with Gasteiger partial charge in [-0.2, -0.15) is 9.61 Å². The number of hydrogen-bond donors (Lipinski definition) is 0. The Kier molecular flexibility index (Phi) is 3.63. The van der Waals surface area contributed by atoms with Gasteiger partial charge in [-0.25, -0.2) is 0 Å². The standard InChI is InChI=1S/C18H13ClN4O/c1-24-14-9-7-13(8-10-14)18-21-20-16-11-15(19)17(22-23(16)18)12-5-3-2-4-6-12/h2-11H,1H3. The minimum atomic E-state index is 0.544. The summed E-state index contributed by atoms with van der Waals surface area (Å²) in [5.41, 5.74) is 3.14. The monoisotopic (exact) mass is 336 g/mol. The normalized spacial score (nSPS) is 10.9. The highest BCUT2D eigenvalue weighted by molar-refractivity contribution is 6.33. The molecule has 0 atom stereocenters. The molecule has 0 aliphatic rings. The van der Waals surface area contributed by atoms with Crippen molar-refractivity contribution in [2.75, 3.05) is 7.11 Å². The molecular weight excluding hydrogens is 324 g/mol. The quantitative estimate of drug-likeness (QED) is 0.564. The molecule has 6 heteroatoms. The lowest BCUT2D eigenvalue weighted by atomic mass is 10.1. The maximum Gasteiger partial charge on any atom is 0.185 e. The lowest BCUT2D eigenvalue weighted by Gasteiger charge is -2.06. The molecular formula is C18H13ClN4O. The van der Waals surface area contributed by atoms with E-state index >= 15 is 0 Å². The molecule has 118 valence electrons. The number of hydrogen-bond acceptors (Lipinski definition) is 4. The lowest BCUT2D eigenvalue weighted by Crippen LogP contribution is -1.98. The van der Waals surface area contributed by atoms with Gasteiger partial charge in [0.05, 0.1) is 12.1 Å². The Morgan fingerprint density at radius 1 is 0.917 bits per heavy atom. The number of rotatable bonds is 3. The van der Waals surface area contributed by atoms with Crippen molar-refractivity contribution >= 4 is 17.2 Å². The average molecular weight is 337 g/mol. The molecule has 4 rings (SSSR count). The number of fused-ring (bicyclic) bond motifs is 1. The molecule has 0 bridgehead atoms. The average Bonchev–Trinajstić information content (AvgIpc) is 3.04. The second kappa shape index (κ2) is 5.94. The van der Waals surface area contributed by atoms with E-state index in [0.717, 1.165) is 16.9 Å². The molecule has 24 heavy (non-hydrogen) atoms. The Morgan fingerprint density at radius 2 is 1.67 bits per heavy atom. The maximum atomic E-state index is 6.37. The summed E-state index contributed by atoms with van der Waals surface area (Å²) in [5.74, 6) is 1.44. The molecule has 0 aliphatic carbocycles.